The lowest BCUT2D eigenvalue weighted by molar-refractivity contribution is 0.400. The molecule has 18 heavy (non-hydrogen) atoms. The van der Waals surface area contributed by atoms with Crippen molar-refractivity contribution >= 4 is 21.6 Å². The van der Waals surface area contributed by atoms with Crippen LogP contribution in [-0.2, 0) is 0 Å². The second-order valence-corrected chi connectivity index (χ2v) is 5.43. The third-order valence-corrected chi connectivity index (χ3v) is 3.33. The summed E-state index contributed by atoms with van der Waals surface area (Å²) in [6.07, 6.45) is 1.10. The second kappa shape index (κ2) is 7.40. The minimum Gasteiger partial charge on any atom is -0.371 e. The van der Waals surface area contributed by atoms with Crippen molar-refractivity contribution in [2.24, 2.45) is 0 Å². The standard InChI is InChI=1S/C14H20BrN3/c1-4-18(9-5-8-17(2)3)14-10-13(15)7-6-12(14)11-16/h6-7,10H,4-5,8-9H2,1-3H3. The first-order valence-electron chi connectivity index (χ1n) is 6.17. The normalized spacial score (nSPS) is 10.4. The summed E-state index contributed by atoms with van der Waals surface area (Å²) in [6, 6.07) is 8.07. The van der Waals surface area contributed by atoms with Gasteiger partial charge in [0.1, 0.15) is 6.07 Å². The van der Waals surface area contributed by atoms with Crippen molar-refractivity contribution in [3.05, 3.63) is 28.2 Å². The van der Waals surface area contributed by atoms with E-state index in [2.05, 4.69) is 52.8 Å². The molecule has 0 N–H and O–H groups in total. The minimum atomic E-state index is 0.741. The lowest BCUT2D eigenvalue weighted by atomic mass is 10.1. The Balaban J connectivity index is 2.81. The number of nitriles is 1. The highest BCUT2D eigenvalue weighted by atomic mass is 79.9. The Bertz CT molecular complexity index is 424. The van der Waals surface area contributed by atoms with Gasteiger partial charge in [-0.2, -0.15) is 5.26 Å². The Kier molecular flexibility index (Phi) is 6.17. The zero-order valence-electron chi connectivity index (χ0n) is 11.3. The first-order valence-corrected chi connectivity index (χ1v) is 6.97. The van der Waals surface area contributed by atoms with Gasteiger partial charge in [0.15, 0.2) is 0 Å². The van der Waals surface area contributed by atoms with Crippen LogP contribution in [0.4, 0.5) is 5.69 Å². The molecule has 0 aromatic heterocycles. The summed E-state index contributed by atoms with van der Waals surface area (Å²) in [4.78, 5) is 4.44. The molecule has 1 aromatic rings. The van der Waals surface area contributed by atoms with Gasteiger partial charge in [0.25, 0.3) is 0 Å². The Labute approximate surface area is 118 Å². The molecule has 0 amide bonds. The molecule has 0 radical (unpaired) electrons. The van der Waals surface area contributed by atoms with E-state index in [0.717, 1.165) is 41.8 Å². The predicted molar refractivity (Wildman–Crippen MR) is 79.9 cm³/mol. The third-order valence-electron chi connectivity index (χ3n) is 2.84. The van der Waals surface area contributed by atoms with Crippen LogP contribution in [0, 0.1) is 11.3 Å². The molecule has 98 valence electrons. The van der Waals surface area contributed by atoms with Crippen LogP contribution in [0.5, 0.6) is 0 Å². The van der Waals surface area contributed by atoms with Gasteiger partial charge < -0.3 is 9.80 Å². The highest BCUT2D eigenvalue weighted by Gasteiger charge is 2.10. The van der Waals surface area contributed by atoms with Gasteiger partial charge >= 0.3 is 0 Å². The van der Waals surface area contributed by atoms with E-state index >= 15 is 0 Å². The van der Waals surface area contributed by atoms with Crippen LogP contribution in [0.2, 0.25) is 0 Å². The quantitative estimate of drug-likeness (QED) is 0.809. The van der Waals surface area contributed by atoms with Crippen LogP contribution in [0.1, 0.15) is 18.9 Å². The fraction of sp³-hybridized carbons (Fsp3) is 0.500. The summed E-state index contributed by atoms with van der Waals surface area (Å²) in [6.45, 7) is 5.07. The number of rotatable bonds is 6. The summed E-state index contributed by atoms with van der Waals surface area (Å²) >= 11 is 3.47. The molecule has 1 aromatic carbocycles. The van der Waals surface area contributed by atoms with Crippen molar-refractivity contribution in [2.75, 3.05) is 38.6 Å². The molecule has 3 nitrogen and oxygen atoms in total. The lowest BCUT2D eigenvalue weighted by Crippen LogP contribution is -2.27. The smallest absolute Gasteiger partial charge is 0.101 e. The lowest BCUT2D eigenvalue weighted by Gasteiger charge is -2.25. The molecule has 0 fully saturated rings. The van der Waals surface area contributed by atoms with E-state index < -0.39 is 0 Å². The van der Waals surface area contributed by atoms with E-state index in [1.54, 1.807) is 0 Å². The molecule has 0 aliphatic heterocycles. The molecule has 0 saturated carbocycles. The van der Waals surface area contributed by atoms with Gasteiger partial charge in [0, 0.05) is 17.6 Å². The van der Waals surface area contributed by atoms with Crippen molar-refractivity contribution in [1.29, 1.82) is 5.26 Å². The number of hydrogen-bond donors (Lipinski definition) is 0. The first-order chi connectivity index (χ1) is 8.58. The number of benzene rings is 1. The van der Waals surface area contributed by atoms with Crippen LogP contribution in [-0.4, -0.2) is 38.6 Å². The largest absolute Gasteiger partial charge is 0.371 e. The molecular formula is C14H20BrN3. The summed E-state index contributed by atoms with van der Waals surface area (Å²) in [5, 5.41) is 9.17. The SMILES string of the molecule is CCN(CCCN(C)C)c1cc(Br)ccc1C#N. The Morgan fingerprint density at radius 1 is 1.28 bits per heavy atom. The van der Waals surface area contributed by atoms with Crippen molar-refractivity contribution in [3.63, 3.8) is 0 Å². The monoisotopic (exact) mass is 309 g/mol. The van der Waals surface area contributed by atoms with E-state index in [0.29, 0.717) is 0 Å². The van der Waals surface area contributed by atoms with Gasteiger partial charge in [-0.3, -0.25) is 0 Å². The second-order valence-electron chi connectivity index (χ2n) is 4.51. The molecule has 0 heterocycles. The summed E-state index contributed by atoms with van der Waals surface area (Å²) < 4.78 is 1.02. The van der Waals surface area contributed by atoms with Crippen LogP contribution in [0.25, 0.3) is 0 Å². The van der Waals surface area contributed by atoms with Crippen LogP contribution < -0.4 is 4.90 Å². The van der Waals surface area contributed by atoms with E-state index in [1.165, 1.54) is 0 Å². The first kappa shape index (κ1) is 15.0. The Morgan fingerprint density at radius 2 is 2.00 bits per heavy atom. The molecule has 0 aliphatic carbocycles. The topological polar surface area (TPSA) is 30.3 Å². The van der Waals surface area contributed by atoms with Gasteiger partial charge in [-0.25, -0.2) is 0 Å². The molecule has 0 spiro atoms. The highest BCUT2D eigenvalue weighted by Crippen LogP contribution is 2.24. The van der Waals surface area contributed by atoms with Crippen molar-refractivity contribution < 1.29 is 0 Å². The molecule has 0 bridgehead atoms. The highest BCUT2D eigenvalue weighted by molar-refractivity contribution is 9.10. The zero-order chi connectivity index (χ0) is 13.5. The Morgan fingerprint density at radius 3 is 2.56 bits per heavy atom. The number of anilines is 1. The molecule has 0 saturated heterocycles. The van der Waals surface area contributed by atoms with Crippen molar-refractivity contribution in [1.82, 2.24) is 4.90 Å². The number of halogens is 1. The van der Waals surface area contributed by atoms with Crippen LogP contribution in [0.3, 0.4) is 0 Å². The molecule has 0 unspecified atom stereocenters. The van der Waals surface area contributed by atoms with Gasteiger partial charge in [0.05, 0.1) is 11.3 Å². The predicted octanol–water partition coefficient (Wildman–Crippen LogP) is 3.10. The summed E-state index contributed by atoms with van der Waals surface area (Å²) in [5.74, 6) is 0. The van der Waals surface area contributed by atoms with Crippen molar-refractivity contribution in [3.8, 4) is 6.07 Å². The third kappa shape index (κ3) is 4.32. The maximum atomic E-state index is 9.17. The van der Waals surface area contributed by atoms with Gasteiger partial charge in [0.2, 0.25) is 0 Å². The molecule has 0 atom stereocenters. The van der Waals surface area contributed by atoms with Crippen molar-refractivity contribution in [2.45, 2.75) is 13.3 Å². The summed E-state index contributed by atoms with van der Waals surface area (Å²) in [5.41, 5.74) is 1.76. The number of nitrogens with zero attached hydrogens (tertiary/aromatic N) is 3. The fourth-order valence-electron chi connectivity index (χ4n) is 1.89. The van der Waals surface area contributed by atoms with Gasteiger partial charge in [-0.05, 0) is 52.2 Å². The molecular weight excluding hydrogens is 290 g/mol. The summed E-state index contributed by atoms with van der Waals surface area (Å²) in [7, 11) is 4.16. The molecule has 0 aliphatic rings. The van der Waals surface area contributed by atoms with E-state index in [1.807, 2.05) is 18.2 Å². The zero-order valence-corrected chi connectivity index (χ0v) is 12.9. The fourth-order valence-corrected chi connectivity index (χ4v) is 2.24. The van der Waals surface area contributed by atoms with Gasteiger partial charge in [-0.15, -0.1) is 0 Å². The van der Waals surface area contributed by atoms with E-state index in [-0.39, 0.29) is 0 Å². The van der Waals surface area contributed by atoms with Crippen LogP contribution >= 0.6 is 15.9 Å². The van der Waals surface area contributed by atoms with E-state index in [9.17, 15) is 0 Å². The average Bonchev–Trinajstić information content (AvgIpc) is 2.34. The maximum Gasteiger partial charge on any atom is 0.101 e. The van der Waals surface area contributed by atoms with Crippen LogP contribution in [0.15, 0.2) is 22.7 Å². The maximum absolute atomic E-state index is 9.17. The average molecular weight is 310 g/mol. The van der Waals surface area contributed by atoms with E-state index in [4.69, 9.17) is 5.26 Å². The van der Waals surface area contributed by atoms with Gasteiger partial charge in [-0.1, -0.05) is 15.9 Å². The number of hydrogen-bond acceptors (Lipinski definition) is 3. The molecule has 4 heteroatoms. The minimum absolute atomic E-state index is 0.741. The molecule has 1 rings (SSSR count). The Hall–Kier alpha value is -1.05.